The van der Waals surface area contributed by atoms with Crippen molar-refractivity contribution in [3.05, 3.63) is 57.3 Å². The van der Waals surface area contributed by atoms with Gasteiger partial charge in [-0.2, -0.15) is 0 Å². The molecule has 2 aromatic rings. The maximum absolute atomic E-state index is 12.5. The quantitative estimate of drug-likeness (QED) is 0.667. The Morgan fingerprint density at radius 1 is 1.36 bits per heavy atom. The summed E-state index contributed by atoms with van der Waals surface area (Å²) in [5.41, 5.74) is 11.3. The molecule has 4 nitrogen and oxygen atoms in total. The molecule has 0 saturated heterocycles. The predicted molar refractivity (Wildman–Crippen MR) is 94.7 cm³/mol. The molecule has 0 fully saturated rings. The van der Waals surface area contributed by atoms with Crippen molar-refractivity contribution >= 4 is 34.6 Å². The number of nitrogens with two attached hydrogens (primary N) is 1. The fourth-order valence-electron chi connectivity index (χ4n) is 2.23. The second kappa shape index (κ2) is 7.38. The first-order valence-corrected chi connectivity index (χ1v) is 8.30. The third-order valence-corrected chi connectivity index (χ3v) is 4.56. The van der Waals surface area contributed by atoms with E-state index in [1.807, 2.05) is 49.6 Å². The van der Waals surface area contributed by atoms with Gasteiger partial charge in [-0.1, -0.05) is 37.3 Å². The highest BCUT2D eigenvalue weighted by molar-refractivity contribution is 7.80. The summed E-state index contributed by atoms with van der Waals surface area (Å²) in [5.74, 6) is -0.176. The van der Waals surface area contributed by atoms with E-state index < -0.39 is 0 Å². The summed E-state index contributed by atoms with van der Waals surface area (Å²) in [4.78, 5) is 13.6. The average Bonchev–Trinajstić information content (AvgIpc) is 2.88. The number of carbonyl (C=O) groups is 1. The van der Waals surface area contributed by atoms with Gasteiger partial charge >= 0.3 is 0 Å². The minimum absolute atomic E-state index is 0.141. The Hall–Kier alpha value is -1.92. The molecule has 1 aromatic carbocycles. The Kier molecular flexibility index (Phi) is 5.51. The van der Waals surface area contributed by atoms with Gasteiger partial charge in [0.05, 0.1) is 12.1 Å². The van der Waals surface area contributed by atoms with E-state index in [4.69, 9.17) is 18.0 Å². The van der Waals surface area contributed by atoms with E-state index in [1.54, 1.807) is 11.3 Å². The molecule has 0 saturated carbocycles. The largest absolute Gasteiger partial charge is 0.375 e. The molecule has 1 amide bonds. The molecular formula is C16H19N3OS2. The molecule has 1 aromatic heterocycles. The third-order valence-electron chi connectivity index (χ3n) is 3.39. The Morgan fingerprint density at radius 2 is 2.05 bits per heavy atom. The Balaban J connectivity index is 2.14. The normalized spacial score (nSPS) is 10.3. The maximum Gasteiger partial charge on any atom is 0.271 e. The maximum atomic E-state index is 12.5. The van der Waals surface area contributed by atoms with Gasteiger partial charge in [-0.25, -0.2) is 0 Å². The fourth-order valence-corrected chi connectivity index (χ4v) is 3.28. The standard InChI is InChI=1S/C16H19N3OS2/c1-3-13-11(2)22-10-14(13)15(20)18-19(16(17)21)9-12-7-5-4-6-8-12/h4-8,10H,3,9H2,1-2H3,(H2,17,21)(H,18,20). The predicted octanol–water partition coefficient (Wildman–Crippen LogP) is 3.01. The van der Waals surface area contributed by atoms with Crippen LogP contribution in [0.25, 0.3) is 0 Å². The fraction of sp³-hybridized carbons (Fsp3) is 0.250. The third kappa shape index (κ3) is 3.84. The van der Waals surface area contributed by atoms with Gasteiger partial charge in [-0.3, -0.25) is 15.2 Å². The summed E-state index contributed by atoms with van der Waals surface area (Å²) in [7, 11) is 0. The minimum atomic E-state index is -0.176. The van der Waals surface area contributed by atoms with E-state index >= 15 is 0 Å². The van der Waals surface area contributed by atoms with Crippen LogP contribution in [-0.2, 0) is 13.0 Å². The smallest absolute Gasteiger partial charge is 0.271 e. The lowest BCUT2D eigenvalue weighted by atomic mass is 10.1. The van der Waals surface area contributed by atoms with Gasteiger partial charge in [0.25, 0.3) is 5.91 Å². The topological polar surface area (TPSA) is 58.4 Å². The SMILES string of the molecule is CCc1c(C(=O)NN(Cc2ccccc2)C(N)=S)csc1C. The van der Waals surface area contributed by atoms with Gasteiger partial charge in [0.2, 0.25) is 0 Å². The molecule has 22 heavy (non-hydrogen) atoms. The van der Waals surface area contributed by atoms with Crippen molar-refractivity contribution in [1.29, 1.82) is 0 Å². The van der Waals surface area contributed by atoms with Crippen LogP contribution < -0.4 is 11.2 Å². The summed E-state index contributed by atoms with van der Waals surface area (Å²) < 4.78 is 0. The van der Waals surface area contributed by atoms with Crippen molar-refractivity contribution in [3.63, 3.8) is 0 Å². The highest BCUT2D eigenvalue weighted by atomic mass is 32.1. The van der Waals surface area contributed by atoms with Crippen molar-refractivity contribution in [3.8, 4) is 0 Å². The van der Waals surface area contributed by atoms with Gasteiger partial charge in [0.15, 0.2) is 5.11 Å². The lowest BCUT2D eigenvalue weighted by molar-refractivity contribution is 0.0865. The van der Waals surface area contributed by atoms with E-state index in [0.29, 0.717) is 12.1 Å². The molecule has 0 aliphatic carbocycles. The van der Waals surface area contributed by atoms with Crippen LogP contribution in [0.1, 0.15) is 33.3 Å². The van der Waals surface area contributed by atoms with Crippen LogP contribution in [-0.4, -0.2) is 16.0 Å². The Morgan fingerprint density at radius 3 is 2.64 bits per heavy atom. The number of thiophene rings is 1. The van der Waals surface area contributed by atoms with Crippen molar-refractivity contribution in [1.82, 2.24) is 10.4 Å². The van der Waals surface area contributed by atoms with Crippen LogP contribution in [0.3, 0.4) is 0 Å². The number of hydrogen-bond acceptors (Lipinski definition) is 3. The number of carbonyl (C=O) groups excluding carboxylic acids is 1. The number of nitrogens with zero attached hydrogens (tertiary/aromatic N) is 1. The number of aryl methyl sites for hydroxylation is 1. The second-order valence-electron chi connectivity index (χ2n) is 4.89. The molecule has 0 unspecified atom stereocenters. The van der Waals surface area contributed by atoms with Crippen LogP contribution >= 0.6 is 23.6 Å². The summed E-state index contributed by atoms with van der Waals surface area (Å²) >= 11 is 6.62. The Bertz CT molecular complexity index is 667. The molecule has 1 heterocycles. The average molecular weight is 333 g/mol. The number of hydrazine groups is 1. The molecule has 116 valence electrons. The molecule has 2 rings (SSSR count). The molecule has 0 atom stereocenters. The number of rotatable bonds is 4. The second-order valence-corrected chi connectivity index (χ2v) is 6.39. The van der Waals surface area contributed by atoms with Gasteiger partial charge in [0.1, 0.15) is 0 Å². The number of amides is 1. The van der Waals surface area contributed by atoms with Gasteiger partial charge in [-0.05, 0) is 36.7 Å². The van der Waals surface area contributed by atoms with E-state index in [9.17, 15) is 4.79 Å². The molecule has 0 aliphatic heterocycles. The van der Waals surface area contributed by atoms with Gasteiger partial charge in [0, 0.05) is 10.3 Å². The van der Waals surface area contributed by atoms with Crippen molar-refractivity contribution in [2.24, 2.45) is 5.73 Å². The zero-order chi connectivity index (χ0) is 16.1. The zero-order valence-electron chi connectivity index (χ0n) is 12.6. The first kappa shape index (κ1) is 16.5. The summed E-state index contributed by atoms with van der Waals surface area (Å²) in [5, 5.41) is 3.52. The molecule has 0 spiro atoms. The van der Waals surface area contributed by atoms with Crippen LogP contribution in [0, 0.1) is 6.92 Å². The Labute approximate surface area is 139 Å². The first-order valence-electron chi connectivity index (χ1n) is 7.01. The number of nitrogens with one attached hydrogen (secondary N) is 1. The lowest BCUT2D eigenvalue weighted by Crippen LogP contribution is -2.48. The highest BCUT2D eigenvalue weighted by Gasteiger charge is 2.17. The van der Waals surface area contributed by atoms with E-state index in [1.165, 1.54) is 5.01 Å². The summed E-state index contributed by atoms with van der Waals surface area (Å²) in [6, 6.07) is 9.74. The summed E-state index contributed by atoms with van der Waals surface area (Å²) in [6.07, 6.45) is 0.823. The molecule has 0 aliphatic rings. The van der Waals surface area contributed by atoms with Crippen LogP contribution in [0.15, 0.2) is 35.7 Å². The highest BCUT2D eigenvalue weighted by Crippen LogP contribution is 2.22. The molecule has 0 bridgehead atoms. The number of hydrogen-bond donors (Lipinski definition) is 2. The van der Waals surface area contributed by atoms with Crippen LogP contribution in [0.4, 0.5) is 0 Å². The van der Waals surface area contributed by atoms with E-state index in [-0.39, 0.29) is 11.0 Å². The molecule has 3 N–H and O–H groups in total. The monoisotopic (exact) mass is 333 g/mol. The van der Waals surface area contributed by atoms with Crippen molar-refractivity contribution < 1.29 is 4.79 Å². The van der Waals surface area contributed by atoms with Gasteiger partial charge < -0.3 is 5.73 Å². The zero-order valence-corrected chi connectivity index (χ0v) is 14.3. The molecular weight excluding hydrogens is 314 g/mol. The minimum Gasteiger partial charge on any atom is -0.375 e. The van der Waals surface area contributed by atoms with Crippen LogP contribution in [0.2, 0.25) is 0 Å². The lowest BCUT2D eigenvalue weighted by Gasteiger charge is -2.23. The number of thiocarbonyl (C=S) groups is 1. The van der Waals surface area contributed by atoms with Gasteiger partial charge in [-0.15, -0.1) is 11.3 Å². The van der Waals surface area contributed by atoms with Crippen LogP contribution in [0.5, 0.6) is 0 Å². The van der Waals surface area contributed by atoms with Crippen molar-refractivity contribution in [2.75, 3.05) is 0 Å². The molecule has 0 radical (unpaired) electrons. The summed E-state index contributed by atoms with van der Waals surface area (Å²) in [6.45, 7) is 4.50. The van der Waals surface area contributed by atoms with Crippen molar-refractivity contribution in [2.45, 2.75) is 26.8 Å². The first-order chi connectivity index (χ1) is 10.5. The number of benzene rings is 1. The van der Waals surface area contributed by atoms with E-state index in [2.05, 4.69) is 5.43 Å². The van der Waals surface area contributed by atoms with E-state index in [0.717, 1.165) is 22.4 Å². The molecule has 6 heteroatoms.